The molecule has 0 heterocycles. The molecule has 0 radical (unpaired) electrons. The standard InChI is InChI=1S/C20H24ClN3O3/c1-20(2,3)27-19(26)22-15-8-6-7-13(11-15)18(25)23-16-12-14(21)9-10-17(16)24(4)5/h6-12H,1-5H3,(H,22,26)(H,23,25). The van der Waals surface area contributed by atoms with Gasteiger partial charge in [0, 0.05) is 30.4 Å². The molecule has 2 rings (SSSR count). The van der Waals surface area contributed by atoms with Crippen molar-refractivity contribution < 1.29 is 14.3 Å². The molecule has 0 spiro atoms. The van der Waals surface area contributed by atoms with Crippen molar-refractivity contribution in [1.29, 1.82) is 0 Å². The third-order valence-corrected chi connectivity index (χ3v) is 3.69. The zero-order chi connectivity index (χ0) is 20.2. The number of benzene rings is 2. The first-order valence-electron chi connectivity index (χ1n) is 8.43. The van der Waals surface area contributed by atoms with Gasteiger partial charge in [0.2, 0.25) is 0 Å². The SMILES string of the molecule is CN(C)c1ccc(Cl)cc1NC(=O)c1cccc(NC(=O)OC(C)(C)C)c1. The molecule has 2 aromatic carbocycles. The van der Waals surface area contributed by atoms with Gasteiger partial charge in [-0.25, -0.2) is 4.79 Å². The second-order valence-electron chi connectivity index (χ2n) is 7.22. The zero-order valence-corrected chi connectivity index (χ0v) is 16.8. The van der Waals surface area contributed by atoms with Crippen LogP contribution in [0.5, 0.6) is 0 Å². The van der Waals surface area contributed by atoms with Gasteiger partial charge in [0.1, 0.15) is 5.60 Å². The second-order valence-corrected chi connectivity index (χ2v) is 7.65. The molecule has 0 aliphatic rings. The van der Waals surface area contributed by atoms with Crippen LogP contribution in [-0.2, 0) is 4.74 Å². The van der Waals surface area contributed by atoms with Crippen LogP contribution in [0.2, 0.25) is 5.02 Å². The molecule has 0 unspecified atom stereocenters. The third kappa shape index (κ3) is 6.18. The van der Waals surface area contributed by atoms with Crippen molar-refractivity contribution in [1.82, 2.24) is 0 Å². The molecule has 0 aliphatic heterocycles. The molecule has 0 aromatic heterocycles. The molecule has 0 bridgehead atoms. The summed E-state index contributed by atoms with van der Waals surface area (Å²) < 4.78 is 5.22. The average molecular weight is 390 g/mol. The van der Waals surface area contributed by atoms with Crippen molar-refractivity contribution in [3.63, 3.8) is 0 Å². The van der Waals surface area contributed by atoms with Gasteiger partial charge in [-0.2, -0.15) is 0 Å². The Labute approximate surface area is 164 Å². The van der Waals surface area contributed by atoms with Crippen LogP contribution < -0.4 is 15.5 Å². The number of nitrogens with zero attached hydrogens (tertiary/aromatic N) is 1. The van der Waals surface area contributed by atoms with Crippen molar-refractivity contribution in [3.05, 3.63) is 53.1 Å². The summed E-state index contributed by atoms with van der Waals surface area (Å²) >= 11 is 6.06. The summed E-state index contributed by atoms with van der Waals surface area (Å²) in [7, 11) is 3.76. The maximum absolute atomic E-state index is 12.7. The normalized spacial score (nSPS) is 10.9. The number of amides is 2. The van der Waals surface area contributed by atoms with Crippen molar-refractivity contribution in [2.45, 2.75) is 26.4 Å². The fourth-order valence-corrected chi connectivity index (χ4v) is 2.52. The number of hydrogen-bond donors (Lipinski definition) is 2. The highest BCUT2D eigenvalue weighted by Crippen LogP contribution is 2.28. The smallest absolute Gasteiger partial charge is 0.412 e. The highest BCUT2D eigenvalue weighted by molar-refractivity contribution is 6.31. The summed E-state index contributed by atoms with van der Waals surface area (Å²) in [6.45, 7) is 5.34. The highest BCUT2D eigenvalue weighted by Gasteiger charge is 2.17. The molecule has 144 valence electrons. The van der Waals surface area contributed by atoms with Gasteiger partial charge in [0.05, 0.1) is 11.4 Å². The van der Waals surface area contributed by atoms with E-state index in [9.17, 15) is 9.59 Å². The number of nitrogens with one attached hydrogen (secondary N) is 2. The fraction of sp³-hybridized carbons (Fsp3) is 0.300. The van der Waals surface area contributed by atoms with Gasteiger partial charge in [0.15, 0.2) is 0 Å². The molecule has 0 saturated carbocycles. The summed E-state index contributed by atoms with van der Waals surface area (Å²) in [4.78, 5) is 26.4. The van der Waals surface area contributed by atoms with Crippen molar-refractivity contribution in [2.75, 3.05) is 29.6 Å². The van der Waals surface area contributed by atoms with Gasteiger partial charge in [-0.05, 0) is 57.2 Å². The average Bonchev–Trinajstić information content (AvgIpc) is 2.53. The number of carbonyl (C=O) groups is 2. The third-order valence-electron chi connectivity index (χ3n) is 3.46. The lowest BCUT2D eigenvalue weighted by Crippen LogP contribution is -2.27. The summed E-state index contributed by atoms with van der Waals surface area (Å²) in [5, 5.41) is 6.01. The Morgan fingerprint density at radius 2 is 1.74 bits per heavy atom. The molecule has 0 aliphatic carbocycles. The number of anilines is 3. The minimum Gasteiger partial charge on any atom is -0.444 e. The van der Waals surface area contributed by atoms with Crippen LogP contribution in [0.25, 0.3) is 0 Å². The van der Waals surface area contributed by atoms with E-state index in [0.717, 1.165) is 5.69 Å². The van der Waals surface area contributed by atoms with E-state index >= 15 is 0 Å². The topological polar surface area (TPSA) is 70.7 Å². The molecular formula is C20H24ClN3O3. The monoisotopic (exact) mass is 389 g/mol. The summed E-state index contributed by atoms with van der Waals surface area (Å²) in [5.74, 6) is -0.312. The Kier molecular flexibility index (Phi) is 6.33. The predicted octanol–water partition coefficient (Wildman–Crippen LogP) is 5.01. The number of carbonyl (C=O) groups excluding carboxylic acids is 2. The van der Waals surface area contributed by atoms with Crippen LogP contribution in [0.15, 0.2) is 42.5 Å². The molecule has 2 aromatic rings. The van der Waals surface area contributed by atoms with Crippen LogP contribution in [-0.4, -0.2) is 31.7 Å². The molecule has 0 saturated heterocycles. The molecule has 0 fully saturated rings. The number of rotatable bonds is 4. The lowest BCUT2D eigenvalue weighted by molar-refractivity contribution is 0.0635. The number of halogens is 1. The Morgan fingerprint density at radius 1 is 1.04 bits per heavy atom. The molecule has 7 heteroatoms. The Balaban J connectivity index is 2.16. The predicted molar refractivity (Wildman–Crippen MR) is 110 cm³/mol. The first-order valence-corrected chi connectivity index (χ1v) is 8.81. The van der Waals surface area contributed by atoms with Crippen LogP contribution in [0.3, 0.4) is 0 Å². The lowest BCUT2D eigenvalue weighted by Gasteiger charge is -2.20. The van der Waals surface area contributed by atoms with Crippen LogP contribution >= 0.6 is 11.6 Å². The Bertz CT molecular complexity index is 845. The van der Waals surface area contributed by atoms with Crippen LogP contribution in [0.4, 0.5) is 21.9 Å². The Morgan fingerprint density at radius 3 is 2.37 bits per heavy atom. The van der Waals surface area contributed by atoms with Crippen molar-refractivity contribution in [2.24, 2.45) is 0 Å². The van der Waals surface area contributed by atoms with Gasteiger partial charge in [-0.3, -0.25) is 10.1 Å². The van der Waals surface area contributed by atoms with E-state index in [1.807, 2.05) is 25.1 Å². The minimum absolute atomic E-state index is 0.312. The largest absolute Gasteiger partial charge is 0.444 e. The van der Waals surface area contributed by atoms with Crippen molar-refractivity contribution in [3.8, 4) is 0 Å². The second kappa shape index (κ2) is 8.31. The van der Waals surface area contributed by atoms with Gasteiger partial charge in [-0.15, -0.1) is 0 Å². The van der Waals surface area contributed by atoms with E-state index in [0.29, 0.717) is 22.0 Å². The quantitative estimate of drug-likeness (QED) is 0.771. The molecule has 27 heavy (non-hydrogen) atoms. The van der Waals surface area contributed by atoms with E-state index in [1.165, 1.54) is 0 Å². The summed E-state index contributed by atoms with van der Waals surface area (Å²) in [5.41, 5.74) is 1.69. The molecule has 2 N–H and O–H groups in total. The lowest BCUT2D eigenvalue weighted by atomic mass is 10.1. The maximum atomic E-state index is 12.7. The first-order chi connectivity index (χ1) is 12.5. The number of ether oxygens (including phenoxy) is 1. The first kappa shape index (κ1) is 20.6. The van der Waals surface area contributed by atoms with Gasteiger partial charge < -0.3 is 15.0 Å². The maximum Gasteiger partial charge on any atom is 0.412 e. The van der Waals surface area contributed by atoms with Crippen LogP contribution in [0, 0.1) is 0 Å². The minimum atomic E-state index is -0.603. The van der Waals surface area contributed by atoms with E-state index in [2.05, 4.69) is 10.6 Å². The van der Waals surface area contributed by atoms with Gasteiger partial charge >= 0.3 is 6.09 Å². The molecule has 6 nitrogen and oxygen atoms in total. The number of hydrogen-bond acceptors (Lipinski definition) is 4. The molecule has 0 atom stereocenters. The highest BCUT2D eigenvalue weighted by atomic mass is 35.5. The van der Waals surface area contributed by atoms with E-state index in [4.69, 9.17) is 16.3 Å². The molecule has 2 amide bonds. The zero-order valence-electron chi connectivity index (χ0n) is 16.1. The van der Waals surface area contributed by atoms with Gasteiger partial charge in [0.25, 0.3) is 5.91 Å². The Hall–Kier alpha value is -2.73. The fourth-order valence-electron chi connectivity index (χ4n) is 2.35. The van der Waals surface area contributed by atoms with Gasteiger partial charge in [-0.1, -0.05) is 17.7 Å². The summed E-state index contributed by atoms with van der Waals surface area (Å²) in [6, 6.07) is 11.9. The van der Waals surface area contributed by atoms with Crippen LogP contribution in [0.1, 0.15) is 31.1 Å². The summed E-state index contributed by atoms with van der Waals surface area (Å²) in [6.07, 6.45) is -0.579. The molecular weight excluding hydrogens is 366 g/mol. The van der Waals surface area contributed by atoms with E-state index in [1.54, 1.807) is 57.2 Å². The van der Waals surface area contributed by atoms with Crippen molar-refractivity contribution >= 4 is 40.7 Å². The van der Waals surface area contributed by atoms with E-state index in [-0.39, 0.29) is 5.91 Å². The van der Waals surface area contributed by atoms with E-state index < -0.39 is 11.7 Å².